The second-order valence-electron chi connectivity index (χ2n) is 9.79. The van der Waals surface area contributed by atoms with E-state index in [0.717, 1.165) is 55.3 Å². The molecule has 3 aliphatic rings. The smallest absolute Gasteiger partial charge is 0.303 e. The molecular formula is C27H34N2O4. The molecule has 33 heavy (non-hydrogen) atoms. The normalized spacial score (nSPS) is 29.2. The number of anilines is 1. The predicted molar refractivity (Wildman–Crippen MR) is 127 cm³/mol. The summed E-state index contributed by atoms with van der Waals surface area (Å²) in [6.07, 6.45) is 6.82. The maximum absolute atomic E-state index is 11.7. The maximum Gasteiger partial charge on any atom is 0.303 e. The fourth-order valence-corrected chi connectivity index (χ4v) is 5.79. The topological polar surface area (TPSA) is 89.9 Å². The molecule has 2 heterocycles. The van der Waals surface area contributed by atoms with Crippen LogP contribution in [-0.4, -0.2) is 35.4 Å². The first-order valence-corrected chi connectivity index (χ1v) is 12.1. The number of benzene rings is 1. The first kappa shape index (κ1) is 23.4. The van der Waals surface area contributed by atoms with Crippen molar-refractivity contribution in [1.29, 1.82) is 0 Å². The molecule has 1 saturated heterocycles. The zero-order chi connectivity index (χ0) is 23.5. The van der Waals surface area contributed by atoms with Crippen molar-refractivity contribution < 1.29 is 19.8 Å². The Bertz CT molecular complexity index is 984. The van der Waals surface area contributed by atoms with Crippen LogP contribution in [0.25, 0.3) is 0 Å². The van der Waals surface area contributed by atoms with E-state index in [4.69, 9.17) is 5.11 Å². The highest BCUT2D eigenvalue weighted by atomic mass is 16.4. The number of para-hydroxylation sites is 1. The lowest BCUT2D eigenvalue weighted by molar-refractivity contribution is -0.137. The number of hydrogen-bond acceptors (Lipinski definition) is 4. The van der Waals surface area contributed by atoms with E-state index < -0.39 is 12.2 Å². The van der Waals surface area contributed by atoms with E-state index in [1.807, 2.05) is 24.1 Å². The lowest BCUT2D eigenvalue weighted by Gasteiger charge is -2.32. The summed E-state index contributed by atoms with van der Waals surface area (Å²) in [7, 11) is 1.90. The SMILES string of the molecule is C=C1NC(=O)CCC1C1c2cccc(C#CC3CCC(CCCC(=O)O)CC3)c2N(C)C1O. The fourth-order valence-electron chi connectivity index (χ4n) is 5.79. The molecule has 3 N–H and O–H groups in total. The standard InChI is InChI=1S/C27H34N2O4/c1-17-21(15-16-23(30)28-17)25-22-7-4-6-20(26(22)29(2)27(25)33)14-13-19-11-9-18(10-12-19)5-3-8-24(31)32/h4,6-7,18-19,21,25,27,33H,1,3,5,8-12,15-16H2,2H3,(H,28,30)(H,31,32). The minimum atomic E-state index is -0.708. The monoisotopic (exact) mass is 450 g/mol. The van der Waals surface area contributed by atoms with Crippen LogP contribution in [-0.2, 0) is 9.59 Å². The number of carboxylic acid groups (broad SMARTS) is 1. The minimum Gasteiger partial charge on any atom is -0.481 e. The van der Waals surface area contributed by atoms with Gasteiger partial charge < -0.3 is 20.4 Å². The largest absolute Gasteiger partial charge is 0.481 e. The van der Waals surface area contributed by atoms with Gasteiger partial charge >= 0.3 is 5.97 Å². The van der Waals surface area contributed by atoms with E-state index in [1.165, 1.54) is 0 Å². The molecule has 2 aliphatic heterocycles. The Labute approximate surface area is 196 Å². The van der Waals surface area contributed by atoms with Gasteiger partial charge in [-0.1, -0.05) is 30.6 Å². The third kappa shape index (κ3) is 5.09. The van der Waals surface area contributed by atoms with Crippen molar-refractivity contribution in [3.8, 4) is 11.8 Å². The Morgan fingerprint density at radius 1 is 1.24 bits per heavy atom. The number of aliphatic hydroxyl groups excluding tert-OH is 1. The number of rotatable bonds is 5. The van der Waals surface area contributed by atoms with Gasteiger partial charge in [0, 0.05) is 48.9 Å². The molecule has 6 nitrogen and oxygen atoms in total. The van der Waals surface area contributed by atoms with Crippen molar-refractivity contribution in [2.24, 2.45) is 17.8 Å². The summed E-state index contributed by atoms with van der Waals surface area (Å²) in [5.74, 6) is 7.01. The lowest BCUT2D eigenvalue weighted by atomic mass is 9.79. The zero-order valence-corrected chi connectivity index (χ0v) is 19.3. The third-order valence-corrected chi connectivity index (χ3v) is 7.62. The van der Waals surface area contributed by atoms with Crippen LogP contribution in [0, 0.1) is 29.6 Å². The van der Waals surface area contributed by atoms with E-state index in [-0.39, 0.29) is 24.2 Å². The number of nitrogens with zero attached hydrogens (tertiary/aromatic N) is 1. The summed E-state index contributed by atoms with van der Waals surface area (Å²) < 4.78 is 0. The molecule has 0 radical (unpaired) electrons. The number of hydrogen-bond donors (Lipinski definition) is 3. The molecule has 6 heteroatoms. The van der Waals surface area contributed by atoms with Gasteiger partial charge in [-0.05, 0) is 62.5 Å². The Morgan fingerprint density at radius 2 is 2.00 bits per heavy atom. The van der Waals surface area contributed by atoms with Gasteiger partial charge in [-0.3, -0.25) is 9.59 Å². The van der Waals surface area contributed by atoms with Crippen molar-refractivity contribution in [2.45, 2.75) is 69.9 Å². The van der Waals surface area contributed by atoms with Gasteiger partial charge in [-0.15, -0.1) is 0 Å². The summed E-state index contributed by atoms with van der Waals surface area (Å²) in [6.45, 7) is 4.06. The van der Waals surface area contributed by atoms with Crippen LogP contribution >= 0.6 is 0 Å². The van der Waals surface area contributed by atoms with Gasteiger partial charge in [0.2, 0.25) is 5.91 Å². The number of carbonyl (C=O) groups is 2. The molecule has 1 aromatic carbocycles. The molecule has 4 rings (SSSR count). The summed E-state index contributed by atoms with van der Waals surface area (Å²) >= 11 is 0. The maximum atomic E-state index is 11.7. The van der Waals surface area contributed by atoms with Crippen molar-refractivity contribution in [1.82, 2.24) is 5.32 Å². The molecule has 3 atom stereocenters. The average molecular weight is 451 g/mol. The molecule has 1 saturated carbocycles. The van der Waals surface area contributed by atoms with Gasteiger partial charge in [0.05, 0.1) is 5.69 Å². The second-order valence-corrected chi connectivity index (χ2v) is 9.79. The Hall–Kier alpha value is -2.78. The lowest BCUT2D eigenvalue weighted by Crippen LogP contribution is -2.40. The summed E-state index contributed by atoms with van der Waals surface area (Å²) in [4.78, 5) is 24.4. The third-order valence-electron chi connectivity index (χ3n) is 7.62. The first-order chi connectivity index (χ1) is 15.8. The molecule has 3 unspecified atom stereocenters. The number of carboxylic acids is 1. The van der Waals surface area contributed by atoms with E-state index in [9.17, 15) is 14.7 Å². The van der Waals surface area contributed by atoms with E-state index in [0.29, 0.717) is 30.4 Å². The van der Waals surface area contributed by atoms with Crippen molar-refractivity contribution in [3.63, 3.8) is 0 Å². The Kier molecular flexibility index (Phi) is 7.09. The number of nitrogens with one attached hydrogen (secondary N) is 1. The van der Waals surface area contributed by atoms with Crippen LogP contribution in [0.2, 0.25) is 0 Å². The summed E-state index contributed by atoms with van der Waals surface area (Å²) in [5.41, 5.74) is 3.68. The summed E-state index contributed by atoms with van der Waals surface area (Å²) in [5, 5.41) is 22.8. The average Bonchev–Trinajstić information content (AvgIpc) is 3.04. The number of carbonyl (C=O) groups excluding carboxylic acids is 1. The molecule has 0 aromatic heterocycles. The van der Waals surface area contributed by atoms with Crippen LogP contribution in [0.4, 0.5) is 5.69 Å². The number of amides is 1. The molecule has 176 valence electrons. The first-order valence-electron chi connectivity index (χ1n) is 12.1. The quantitative estimate of drug-likeness (QED) is 0.590. The highest BCUT2D eigenvalue weighted by molar-refractivity contribution is 5.79. The molecule has 1 aromatic rings. The zero-order valence-electron chi connectivity index (χ0n) is 19.3. The Balaban J connectivity index is 1.45. The molecule has 0 spiro atoms. The second kappa shape index (κ2) is 10.0. The molecule has 2 fully saturated rings. The highest BCUT2D eigenvalue weighted by Crippen LogP contribution is 2.48. The Morgan fingerprint density at radius 3 is 2.70 bits per heavy atom. The van der Waals surface area contributed by atoms with Crippen LogP contribution < -0.4 is 10.2 Å². The van der Waals surface area contributed by atoms with Crippen molar-refractivity contribution in [3.05, 3.63) is 41.6 Å². The van der Waals surface area contributed by atoms with Crippen LogP contribution in [0.3, 0.4) is 0 Å². The van der Waals surface area contributed by atoms with Gasteiger partial charge in [0.15, 0.2) is 0 Å². The van der Waals surface area contributed by atoms with Gasteiger partial charge in [0.1, 0.15) is 6.23 Å². The highest BCUT2D eigenvalue weighted by Gasteiger charge is 2.43. The number of likely N-dealkylation sites (N-methyl/N-ethyl adjacent to an activating group) is 1. The van der Waals surface area contributed by atoms with E-state index in [1.54, 1.807) is 0 Å². The van der Waals surface area contributed by atoms with Crippen LogP contribution in [0.15, 0.2) is 30.5 Å². The fraction of sp³-hybridized carbons (Fsp3) is 0.556. The predicted octanol–water partition coefficient (Wildman–Crippen LogP) is 3.99. The van der Waals surface area contributed by atoms with E-state index in [2.05, 4.69) is 29.8 Å². The van der Waals surface area contributed by atoms with Crippen LogP contribution in [0.5, 0.6) is 0 Å². The summed E-state index contributed by atoms with van der Waals surface area (Å²) in [6, 6.07) is 6.08. The molecule has 1 amide bonds. The van der Waals surface area contributed by atoms with Crippen molar-refractivity contribution >= 4 is 17.6 Å². The number of fused-ring (bicyclic) bond motifs is 1. The van der Waals surface area contributed by atoms with Crippen LogP contribution in [0.1, 0.15) is 74.8 Å². The van der Waals surface area contributed by atoms with Gasteiger partial charge in [-0.25, -0.2) is 0 Å². The number of piperidine rings is 1. The van der Waals surface area contributed by atoms with E-state index >= 15 is 0 Å². The molecular weight excluding hydrogens is 416 g/mol. The van der Waals surface area contributed by atoms with Gasteiger partial charge in [0.25, 0.3) is 0 Å². The number of aliphatic hydroxyl groups is 1. The number of aliphatic carboxylic acids is 1. The number of allylic oxidation sites excluding steroid dienone is 1. The van der Waals surface area contributed by atoms with Crippen molar-refractivity contribution in [2.75, 3.05) is 11.9 Å². The molecule has 0 bridgehead atoms. The van der Waals surface area contributed by atoms with Gasteiger partial charge in [-0.2, -0.15) is 0 Å². The molecule has 1 aliphatic carbocycles. The minimum absolute atomic E-state index is 0.000939.